The Bertz CT molecular complexity index is 1280. The summed E-state index contributed by atoms with van der Waals surface area (Å²) in [6.07, 6.45) is 36.8. The van der Waals surface area contributed by atoms with Crippen LogP contribution in [-0.2, 0) is 27.9 Å². The molecule has 0 bridgehead atoms. The van der Waals surface area contributed by atoms with Gasteiger partial charge in [-0.2, -0.15) is 0 Å². The highest BCUT2D eigenvalue weighted by atomic mass is 31.2. The molecule has 6 N–H and O–H groups in total. The van der Waals surface area contributed by atoms with Crippen molar-refractivity contribution in [2.24, 2.45) is 0 Å². The van der Waals surface area contributed by atoms with Crippen LogP contribution in [0.3, 0.4) is 0 Å². The van der Waals surface area contributed by atoms with Crippen molar-refractivity contribution in [3.05, 3.63) is 72.9 Å². The van der Waals surface area contributed by atoms with E-state index in [4.69, 9.17) is 18.5 Å². The second-order valence-electron chi connectivity index (χ2n) is 15.9. The van der Waals surface area contributed by atoms with Crippen molar-refractivity contribution in [2.75, 3.05) is 19.8 Å². The van der Waals surface area contributed by atoms with E-state index in [1.807, 2.05) is 0 Å². The van der Waals surface area contributed by atoms with Gasteiger partial charge < -0.3 is 39.9 Å². The predicted molar refractivity (Wildman–Crippen MR) is 244 cm³/mol. The van der Waals surface area contributed by atoms with E-state index < -0.39 is 63.1 Å². The van der Waals surface area contributed by atoms with Gasteiger partial charge >= 0.3 is 13.8 Å². The molecule has 1 saturated carbocycles. The Balaban J connectivity index is 2.41. The molecule has 0 radical (unpaired) electrons. The molecule has 1 fully saturated rings. The Morgan fingerprint density at radius 3 is 1.49 bits per heavy atom. The van der Waals surface area contributed by atoms with Gasteiger partial charge in [0.2, 0.25) is 0 Å². The number of phosphoric ester groups is 1. The van der Waals surface area contributed by atoms with Gasteiger partial charge in [-0.3, -0.25) is 13.8 Å². The lowest BCUT2D eigenvalue weighted by molar-refractivity contribution is -0.220. The minimum Gasteiger partial charge on any atom is -0.457 e. The fraction of sp³-hybridized carbons (Fsp3) is 0.729. The Hall–Kier alpha value is -2.22. The van der Waals surface area contributed by atoms with Gasteiger partial charge in [-0.15, -0.1) is 0 Å². The van der Waals surface area contributed by atoms with Crippen LogP contribution in [0.4, 0.5) is 0 Å². The minimum absolute atomic E-state index is 0.0928. The van der Waals surface area contributed by atoms with Gasteiger partial charge in [0.05, 0.1) is 13.2 Å². The monoisotopic (exact) mass is 883 g/mol. The molecule has 352 valence electrons. The van der Waals surface area contributed by atoms with E-state index in [1.54, 1.807) is 0 Å². The molecule has 13 heteroatoms. The number of phosphoric acid groups is 1. The lowest BCUT2D eigenvalue weighted by atomic mass is 9.85. The maximum Gasteiger partial charge on any atom is 0.472 e. The Morgan fingerprint density at radius 1 is 0.541 bits per heavy atom. The number of allylic oxidation sites excluding steroid dienone is 12. The molecule has 1 aliphatic rings. The first-order valence-corrected chi connectivity index (χ1v) is 24.8. The number of ether oxygens (including phenoxy) is 2. The summed E-state index contributed by atoms with van der Waals surface area (Å²) in [5.41, 5.74) is 0. The number of aliphatic hydroxyl groups excluding tert-OH is 5. The standard InChI is InChI=1S/C48H83O12P/c1-3-5-7-9-11-13-15-17-18-19-20-21-22-23-24-25-27-29-31-33-35-37-42(49)59-41(39-57-38-36-34-32-30-28-26-16-14-12-10-8-6-4-2)40-58-61(55,56)60-48-46(53)44(51)43(50)45(52)47(48)54/h5,7,11-14,17-18,20-21,23-24,41,43-48,50-54H,3-4,6,8-10,15-16,19,22,25-40H2,1-2H3,(H,55,56)/b7-5-,13-11-,14-12-,18-17-,21-20-,24-23-. The van der Waals surface area contributed by atoms with E-state index >= 15 is 0 Å². The molecular weight excluding hydrogens is 799 g/mol. The summed E-state index contributed by atoms with van der Waals surface area (Å²) in [5, 5.41) is 50.2. The van der Waals surface area contributed by atoms with Gasteiger partial charge in [0.15, 0.2) is 0 Å². The average Bonchev–Trinajstić information content (AvgIpc) is 3.24. The van der Waals surface area contributed by atoms with E-state index in [1.165, 1.54) is 32.1 Å². The number of rotatable bonds is 38. The molecule has 0 amide bonds. The smallest absolute Gasteiger partial charge is 0.457 e. The normalized spacial score (nSPS) is 22.8. The van der Waals surface area contributed by atoms with Crippen molar-refractivity contribution in [3.8, 4) is 0 Å². The second kappa shape index (κ2) is 38.3. The highest BCUT2D eigenvalue weighted by Crippen LogP contribution is 2.47. The fourth-order valence-corrected chi connectivity index (χ4v) is 7.58. The van der Waals surface area contributed by atoms with E-state index in [0.717, 1.165) is 103 Å². The van der Waals surface area contributed by atoms with Crippen LogP contribution in [0.1, 0.15) is 162 Å². The molecule has 0 spiro atoms. The van der Waals surface area contributed by atoms with Gasteiger partial charge in [0.25, 0.3) is 0 Å². The van der Waals surface area contributed by atoms with E-state index in [9.17, 15) is 39.8 Å². The number of aliphatic hydroxyl groups is 5. The minimum atomic E-state index is -5.03. The van der Waals surface area contributed by atoms with Crippen molar-refractivity contribution in [2.45, 2.75) is 204 Å². The molecule has 1 aliphatic carbocycles. The van der Waals surface area contributed by atoms with Crippen LogP contribution in [0.25, 0.3) is 0 Å². The number of hydrogen-bond donors (Lipinski definition) is 6. The number of carbonyl (C=O) groups is 1. The molecule has 61 heavy (non-hydrogen) atoms. The third-order valence-electron chi connectivity index (χ3n) is 10.3. The summed E-state index contributed by atoms with van der Waals surface area (Å²) in [7, 11) is -5.03. The molecule has 0 saturated heterocycles. The molecule has 0 aromatic heterocycles. The molecule has 0 aromatic carbocycles. The van der Waals surface area contributed by atoms with E-state index in [0.29, 0.717) is 13.0 Å². The van der Waals surface area contributed by atoms with Crippen molar-refractivity contribution in [1.29, 1.82) is 0 Å². The summed E-state index contributed by atoms with van der Waals surface area (Å²) in [5.74, 6) is -0.501. The molecule has 1 rings (SSSR count). The average molecular weight is 883 g/mol. The first kappa shape index (κ1) is 56.8. The van der Waals surface area contributed by atoms with Crippen LogP contribution in [0.5, 0.6) is 0 Å². The Kier molecular flexibility index (Phi) is 35.6. The molecule has 12 nitrogen and oxygen atoms in total. The van der Waals surface area contributed by atoms with Crippen LogP contribution in [0.15, 0.2) is 72.9 Å². The maximum absolute atomic E-state index is 12.8. The first-order chi connectivity index (χ1) is 29.5. The summed E-state index contributed by atoms with van der Waals surface area (Å²) in [6.45, 7) is 4.07. The van der Waals surface area contributed by atoms with Gasteiger partial charge in [0.1, 0.15) is 42.7 Å². The number of carbonyl (C=O) groups excluding carboxylic acids is 1. The van der Waals surface area contributed by atoms with E-state index in [2.05, 4.69) is 86.8 Å². The predicted octanol–water partition coefficient (Wildman–Crippen LogP) is 9.58. The van der Waals surface area contributed by atoms with Gasteiger partial charge in [-0.1, -0.05) is 145 Å². The van der Waals surface area contributed by atoms with Crippen LogP contribution >= 0.6 is 7.82 Å². The lowest BCUT2D eigenvalue weighted by Crippen LogP contribution is -2.64. The molecule has 6 atom stereocenters. The topological polar surface area (TPSA) is 192 Å². The zero-order valence-electron chi connectivity index (χ0n) is 37.4. The lowest BCUT2D eigenvalue weighted by Gasteiger charge is -2.41. The maximum atomic E-state index is 12.8. The van der Waals surface area contributed by atoms with E-state index in [-0.39, 0.29) is 13.0 Å². The van der Waals surface area contributed by atoms with Gasteiger partial charge in [-0.05, 0) is 83.5 Å². The second-order valence-corrected chi connectivity index (χ2v) is 17.3. The molecule has 0 aromatic rings. The summed E-state index contributed by atoms with van der Waals surface area (Å²) in [6, 6.07) is 0. The Morgan fingerprint density at radius 2 is 0.967 bits per heavy atom. The third-order valence-corrected chi connectivity index (χ3v) is 11.3. The largest absolute Gasteiger partial charge is 0.472 e. The zero-order chi connectivity index (χ0) is 44.8. The summed E-state index contributed by atoms with van der Waals surface area (Å²) >= 11 is 0. The van der Waals surface area contributed by atoms with Crippen molar-refractivity contribution < 1.29 is 58.3 Å². The van der Waals surface area contributed by atoms with Crippen molar-refractivity contribution in [1.82, 2.24) is 0 Å². The fourth-order valence-electron chi connectivity index (χ4n) is 6.61. The zero-order valence-corrected chi connectivity index (χ0v) is 38.3. The summed E-state index contributed by atoms with van der Waals surface area (Å²) in [4.78, 5) is 23.2. The molecular formula is C48H83O12P. The van der Waals surface area contributed by atoms with Gasteiger partial charge in [0, 0.05) is 13.0 Å². The molecule has 0 heterocycles. The SMILES string of the molecule is CC/C=C\C/C=C\C/C=C\C/C=C\C/C=C\CCCCCCCC(=O)OC(COCCCCCCCC/C=C\CCCCC)COP(=O)(O)OC1C(O)C(O)C(O)C(O)C1O. The van der Waals surface area contributed by atoms with Crippen LogP contribution < -0.4 is 0 Å². The molecule has 6 unspecified atom stereocenters. The highest BCUT2D eigenvalue weighted by molar-refractivity contribution is 7.47. The quantitative estimate of drug-likeness (QED) is 0.0149. The first-order valence-electron chi connectivity index (χ1n) is 23.3. The Labute approximate surface area is 368 Å². The number of esters is 1. The number of unbranched alkanes of at least 4 members (excludes halogenated alkanes) is 14. The van der Waals surface area contributed by atoms with Crippen LogP contribution in [0.2, 0.25) is 0 Å². The highest BCUT2D eigenvalue weighted by Gasteiger charge is 2.51. The van der Waals surface area contributed by atoms with Crippen LogP contribution in [-0.4, -0.2) is 98.9 Å². The van der Waals surface area contributed by atoms with Crippen molar-refractivity contribution >= 4 is 13.8 Å². The van der Waals surface area contributed by atoms with Crippen molar-refractivity contribution in [3.63, 3.8) is 0 Å². The molecule has 0 aliphatic heterocycles. The number of hydrogen-bond acceptors (Lipinski definition) is 11. The van der Waals surface area contributed by atoms with Crippen LogP contribution in [0, 0.1) is 0 Å². The van der Waals surface area contributed by atoms with Gasteiger partial charge in [-0.25, -0.2) is 4.57 Å². The third kappa shape index (κ3) is 30.5. The summed E-state index contributed by atoms with van der Waals surface area (Å²) < 4.78 is 34.1.